The van der Waals surface area contributed by atoms with Crippen LogP contribution in [0.25, 0.3) is 5.57 Å². The van der Waals surface area contributed by atoms with E-state index >= 15 is 0 Å². The van der Waals surface area contributed by atoms with Gasteiger partial charge in [0.25, 0.3) is 11.8 Å². The van der Waals surface area contributed by atoms with Crippen molar-refractivity contribution >= 4 is 23.1 Å². The van der Waals surface area contributed by atoms with Crippen LogP contribution >= 0.6 is 0 Å². The summed E-state index contributed by atoms with van der Waals surface area (Å²) in [5.41, 5.74) is 0.715. The van der Waals surface area contributed by atoms with E-state index in [9.17, 15) is 18.4 Å². The van der Waals surface area contributed by atoms with Crippen molar-refractivity contribution in [2.24, 2.45) is 0 Å². The maximum atomic E-state index is 14.5. The topological polar surface area (TPSA) is 53.1 Å². The first-order chi connectivity index (χ1) is 14.4. The van der Waals surface area contributed by atoms with Crippen LogP contribution in [-0.2, 0) is 9.59 Å². The highest BCUT2D eigenvalue weighted by Crippen LogP contribution is 2.36. The summed E-state index contributed by atoms with van der Waals surface area (Å²) in [5.74, 6) is -2.38. The van der Waals surface area contributed by atoms with Crippen molar-refractivity contribution in [1.82, 2.24) is 9.80 Å². The van der Waals surface area contributed by atoms with E-state index < -0.39 is 23.4 Å². The third-order valence-corrected chi connectivity index (χ3v) is 5.41. The average molecular weight is 413 g/mol. The number of piperazine rings is 1. The van der Waals surface area contributed by atoms with Crippen LogP contribution < -0.4 is 9.64 Å². The molecule has 0 unspecified atom stereocenters. The lowest BCUT2D eigenvalue weighted by molar-refractivity contribution is -0.120. The Labute approximate surface area is 172 Å². The third kappa shape index (κ3) is 3.43. The van der Waals surface area contributed by atoms with Gasteiger partial charge in [0.05, 0.1) is 18.4 Å². The molecule has 2 heterocycles. The van der Waals surface area contributed by atoms with E-state index in [0.29, 0.717) is 30.5 Å². The van der Waals surface area contributed by atoms with E-state index in [1.807, 2.05) is 11.9 Å². The molecule has 2 aliphatic heterocycles. The lowest BCUT2D eigenvalue weighted by Crippen LogP contribution is -2.46. The molecule has 0 bridgehead atoms. The summed E-state index contributed by atoms with van der Waals surface area (Å²) < 4.78 is 33.0. The van der Waals surface area contributed by atoms with Gasteiger partial charge in [0.2, 0.25) is 0 Å². The minimum atomic E-state index is -0.967. The lowest BCUT2D eigenvalue weighted by atomic mass is 10.0. The number of nitrogens with zero attached hydrogens (tertiary/aromatic N) is 3. The molecule has 1 fully saturated rings. The van der Waals surface area contributed by atoms with E-state index in [1.165, 1.54) is 7.11 Å². The molecular formula is C22H21F2N3O3. The number of anilines is 1. The zero-order valence-corrected chi connectivity index (χ0v) is 16.7. The van der Waals surface area contributed by atoms with Gasteiger partial charge in [-0.05, 0) is 36.9 Å². The van der Waals surface area contributed by atoms with Crippen LogP contribution in [0.2, 0.25) is 0 Å². The number of imide groups is 1. The molecule has 0 saturated carbocycles. The molecule has 156 valence electrons. The molecule has 1 saturated heterocycles. The largest absolute Gasteiger partial charge is 0.497 e. The smallest absolute Gasteiger partial charge is 0.282 e. The zero-order valence-electron chi connectivity index (χ0n) is 16.7. The molecule has 2 aliphatic rings. The summed E-state index contributed by atoms with van der Waals surface area (Å²) in [5, 5.41) is 0. The van der Waals surface area contributed by atoms with E-state index in [4.69, 9.17) is 4.74 Å². The number of carbonyl (C=O) groups excluding carboxylic acids is 2. The van der Waals surface area contributed by atoms with Gasteiger partial charge in [0.15, 0.2) is 0 Å². The summed E-state index contributed by atoms with van der Waals surface area (Å²) in [6.45, 7) is 2.58. The second-order valence-corrected chi connectivity index (χ2v) is 7.28. The molecule has 0 radical (unpaired) electrons. The lowest BCUT2D eigenvalue weighted by Gasteiger charge is -2.34. The predicted molar refractivity (Wildman–Crippen MR) is 108 cm³/mol. The Morgan fingerprint density at radius 1 is 0.900 bits per heavy atom. The fourth-order valence-corrected chi connectivity index (χ4v) is 3.74. The van der Waals surface area contributed by atoms with Gasteiger partial charge < -0.3 is 14.5 Å². The van der Waals surface area contributed by atoms with Crippen molar-refractivity contribution in [3.8, 4) is 5.75 Å². The molecule has 4 rings (SSSR count). The Kier molecular flexibility index (Phi) is 5.26. The number of rotatable bonds is 4. The zero-order chi connectivity index (χ0) is 21.4. The molecule has 8 heteroatoms. The van der Waals surface area contributed by atoms with Crippen molar-refractivity contribution < 1.29 is 23.1 Å². The van der Waals surface area contributed by atoms with Gasteiger partial charge in [-0.3, -0.25) is 9.59 Å². The van der Waals surface area contributed by atoms with E-state index in [-0.39, 0.29) is 17.0 Å². The van der Waals surface area contributed by atoms with Crippen LogP contribution in [0.1, 0.15) is 5.56 Å². The van der Waals surface area contributed by atoms with E-state index in [1.54, 1.807) is 24.3 Å². The first-order valence-corrected chi connectivity index (χ1v) is 9.56. The van der Waals surface area contributed by atoms with Crippen LogP contribution in [0.4, 0.5) is 14.5 Å². The average Bonchev–Trinajstić information content (AvgIpc) is 2.99. The van der Waals surface area contributed by atoms with E-state index in [2.05, 4.69) is 4.90 Å². The van der Waals surface area contributed by atoms with Crippen LogP contribution in [0, 0.1) is 11.6 Å². The Balaban J connectivity index is 1.81. The van der Waals surface area contributed by atoms with Gasteiger partial charge in [0.1, 0.15) is 23.1 Å². The molecule has 0 aromatic heterocycles. The summed E-state index contributed by atoms with van der Waals surface area (Å²) in [7, 11) is 3.52. The monoisotopic (exact) mass is 413 g/mol. The second-order valence-electron chi connectivity index (χ2n) is 7.28. The number of methoxy groups -OCH3 is 1. The Morgan fingerprint density at radius 3 is 2.17 bits per heavy atom. The van der Waals surface area contributed by atoms with Crippen LogP contribution in [0.5, 0.6) is 5.75 Å². The normalized spacial score (nSPS) is 17.9. The van der Waals surface area contributed by atoms with Crippen LogP contribution in [0.3, 0.4) is 0 Å². The summed E-state index contributed by atoms with van der Waals surface area (Å²) in [6.07, 6.45) is 0. The summed E-state index contributed by atoms with van der Waals surface area (Å²) in [6, 6.07) is 9.58. The molecule has 0 spiro atoms. The SMILES string of the molecule is COc1ccc(C2=C(N3CCN(C)CC3)C(=O)N(c3ccc(F)cc3F)C2=O)cc1. The number of hydrogen-bond donors (Lipinski definition) is 0. The molecule has 2 aromatic carbocycles. The Morgan fingerprint density at radius 2 is 1.57 bits per heavy atom. The number of amides is 2. The number of carbonyl (C=O) groups is 2. The summed E-state index contributed by atoms with van der Waals surface area (Å²) in [4.78, 5) is 31.5. The number of halogens is 2. The van der Waals surface area contributed by atoms with Gasteiger partial charge in [-0.1, -0.05) is 12.1 Å². The van der Waals surface area contributed by atoms with Gasteiger partial charge in [-0.25, -0.2) is 13.7 Å². The molecule has 2 amide bonds. The molecule has 0 aliphatic carbocycles. The van der Waals surface area contributed by atoms with Crippen LogP contribution in [0.15, 0.2) is 48.2 Å². The van der Waals surface area contributed by atoms with Gasteiger partial charge in [0, 0.05) is 32.2 Å². The van der Waals surface area contributed by atoms with Crippen LogP contribution in [-0.4, -0.2) is 62.0 Å². The first kappa shape index (κ1) is 20.0. The second kappa shape index (κ2) is 7.87. The quantitative estimate of drug-likeness (QED) is 0.721. The van der Waals surface area contributed by atoms with Crippen molar-refractivity contribution in [3.63, 3.8) is 0 Å². The highest BCUT2D eigenvalue weighted by atomic mass is 19.1. The minimum absolute atomic E-state index is 0.205. The predicted octanol–water partition coefficient (Wildman–Crippen LogP) is 2.51. The van der Waals surface area contributed by atoms with Gasteiger partial charge >= 0.3 is 0 Å². The first-order valence-electron chi connectivity index (χ1n) is 9.56. The van der Waals surface area contributed by atoms with Crippen molar-refractivity contribution in [3.05, 3.63) is 65.4 Å². The minimum Gasteiger partial charge on any atom is -0.497 e. The number of benzene rings is 2. The van der Waals surface area contributed by atoms with Gasteiger partial charge in [-0.15, -0.1) is 0 Å². The van der Waals surface area contributed by atoms with Crippen molar-refractivity contribution in [2.45, 2.75) is 0 Å². The molecule has 6 nitrogen and oxygen atoms in total. The molecule has 2 aromatic rings. The van der Waals surface area contributed by atoms with Crippen molar-refractivity contribution in [2.75, 3.05) is 45.2 Å². The number of ether oxygens (including phenoxy) is 1. The molecule has 0 atom stereocenters. The standard InChI is InChI=1S/C22H21F2N3O3/c1-25-9-11-26(12-10-25)20-19(14-3-6-16(30-2)7-4-14)21(28)27(22(20)29)18-8-5-15(23)13-17(18)24/h3-8,13H,9-12H2,1-2H3. The number of likely N-dealkylation sites (N-methyl/N-ethyl adjacent to an activating group) is 1. The third-order valence-electron chi connectivity index (χ3n) is 5.41. The van der Waals surface area contributed by atoms with E-state index in [0.717, 1.165) is 30.1 Å². The fraction of sp³-hybridized carbons (Fsp3) is 0.273. The fourth-order valence-electron chi connectivity index (χ4n) is 3.74. The van der Waals surface area contributed by atoms with Crippen molar-refractivity contribution in [1.29, 1.82) is 0 Å². The Bertz CT molecular complexity index is 1030. The highest BCUT2D eigenvalue weighted by Gasteiger charge is 2.43. The molecular weight excluding hydrogens is 392 g/mol. The maximum absolute atomic E-state index is 14.5. The summed E-state index contributed by atoms with van der Waals surface area (Å²) >= 11 is 0. The molecule has 30 heavy (non-hydrogen) atoms. The maximum Gasteiger partial charge on any atom is 0.282 e. The highest BCUT2D eigenvalue weighted by molar-refractivity contribution is 6.45. The van der Waals surface area contributed by atoms with Gasteiger partial charge in [-0.2, -0.15) is 0 Å². The Hall–Kier alpha value is -3.26. The number of hydrogen-bond acceptors (Lipinski definition) is 5. The molecule has 0 N–H and O–H groups in total.